The summed E-state index contributed by atoms with van der Waals surface area (Å²) in [6.45, 7) is 1.91. The topological polar surface area (TPSA) is 55.4 Å². The highest BCUT2D eigenvalue weighted by atomic mass is 79.9. The molecule has 0 aliphatic rings. The first-order chi connectivity index (χ1) is 9.85. The number of hydrogen-bond acceptors (Lipinski definition) is 4. The fourth-order valence-electron chi connectivity index (χ4n) is 1.70. The van der Waals surface area contributed by atoms with Crippen LogP contribution >= 0.6 is 38.9 Å². The minimum Gasteiger partial charge on any atom is -0.496 e. The number of ether oxygens (including phenoxy) is 1. The highest BCUT2D eigenvalue weighted by Crippen LogP contribution is 2.31. The monoisotopic (exact) mass is 409 g/mol. The lowest BCUT2D eigenvalue weighted by Gasteiger charge is -2.11. The summed E-state index contributed by atoms with van der Waals surface area (Å²) < 4.78 is 33.4. The van der Waals surface area contributed by atoms with Gasteiger partial charge in [-0.2, -0.15) is 0 Å². The number of thiophene rings is 1. The number of rotatable bonds is 5. The first kappa shape index (κ1) is 16.8. The van der Waals surface area contributed by atoms with Gasteiger partial charge in [-0.25, -0.2) is 13.1 Å². The van der Waals surface area contributed by atoms with Crippen molar-refractivity contribution in [3.05, 3.63) is 44.2 Å². The number of sulfonamides is 1. The quantitative estimate of drug-likeness (QED) is 0.812. The first-order valence-corrected chi connectivity index (χ1v) is 9.39. The van der Waals surface area contributed by atoms with Crippen LogP contribution in [-0.4, -0.2) is 15.5 Å². The molecule has 0 spiro atoms. The Labute approximate surface area is 141 Å². The van der Waals surface area contributed by atoms with Crippen LogP contribution in [0.5, 0.6) is 5.75 Å². The molecule has 1 heterocycles. The first-order valence-electron chi connectivity index (χ1n) is 5.92. The summed E-state index contributed by atoms with van der Waals surface area (Å²) in [4.78, 5) is 0. The third kappa shape index (κ3) is 3.78. The Kier molecular flexibility index (Phi) is 5.32. The van der Waals surface area contributed by atoms with Crippen molar-refractivity contribution >= 4 is 48.9 Å². The maximum Gasteiger partial charge on any atom is 0.250 e. The second-order valence-corrected chi connectivity index (χ2v) is 9.04. The van der Waals surface area contributed by atoms with Gasteiger partial charge in [0.05, 0.1) is 10.9 Å². The summed E-state index contributed by atoms with van der Waals surface area (Å²) in [6.07, 6.45) is 0. The molecule has 0 atom stereocenters. The molecular formula is C13H13BrClNO3S2. The van der Waals surface area contributed by atoms with Crippen molar-refractivity contribution in [2.75, 3.05) is 7.11 Å². The lowest BCUT2D eigenvalue weighted by atomic mass is 10.2. The maximum atomic E-state index is 12.3. The Balaban J connectivity index is 2.23. The summed E-state index contributed by atoms with van der Waals surface area (Å²) >= 11 is 10.6. The van der Waals surface area contributed by atoms with Crippen LogP contribution in [0.3, 0.4) is 0 Å². The van der Waals surface area contributed by atoms with E-state index in [2.05, 4.69) is 20.7 Å². The van der Waals surface area contributed by atoms with Gasteiger partial charge in [0, 0.05) is 17.1 Å². The Morgan fingerprint density at radius 1 is 1.43 bits per heavy atom. The van der Waals surface area contributed by atoms with Crippen molar-refractivity contribution in [2.45, 2.75) is 17.7 Å². The zero-order valence-electron chi connectivity index (χ0n) is 11.3. The van der Waals surface area contributed by atoms with Crippen LogP contribution < -0.4 is 9.46 Å². The van der Waals surface area contributed by atoms with E-state index >= 15 is 0 Å². The van der Waals surface area contributed by atoms with Gasteiger partial charge in [0.25, 0.3) is 0 Å². The van der Waals surface area contributed by atoms with Gasteiger partial charge in [0.2, 0.25) is 10.0 Å². The summed E-state index contributed by atoms with van der Waals surface area (Å²) in [6, 6.07) is 6.81. The highest BCUT2D eigenvalue weighted by molar-refractivity contribution is 9.11. The van der Waals surface area contributed by atoms with E-state index in [0.29, 0.717) is 16.3 Å². The van der Waals surface area contributed by atoms with Gasteiger partial charge in [-0.1, -0.05) is 17.7 Å². The molecule has 0 saturated heterocycles. The van der Waals surface area contributed by atoms with Gasteiger partial charge >= 0.3 is 0 Å². The molecule has 1 aromatic carbocycles. The molecule has 0 unspecified atom stereocenters. The summed E-state index contributed by atoms with van der Waals surface area (Å²) in [5.74, 6) is 0.550. The molecule has 0 radical (unpaired) electrons. The zero-order chi connectivity index (χ0) is 15.6. The Bertz CT molecular complexity index is 739. The fraction of sp³-hybridized carbons (Fsp3) is 0.231. The normalized spacial score (nSPS) is 11.6. The van der Waals surface area contributed by atoms with Crippen LogP contribution in [0, 0.1) is 6.92 Å². The molecule has 0 saturated carbocycles. The second kappa shape index (κ2) is 6.66. The van der Waals surface area contributed by atoms with E-state index in [0.717, 1.165) is 9.35 Å². The van der Waals surface area contributed by atoms with Crippen molar-refractivity contribution in [3.8, 4) is 5.75 Å². The average Bonchev–Trinajstić information content (AvgIpc) is 2.78. The minimum atomic E-state index is -3.58. The molecule has 0 bridgehead atoms. The minimum absolute atomic E-state index is 0.0692. The molecule has 114 valence electrons. The van der Waals surface area contributed by atoms with Crippen LogP contribution in [-0.2, 0) is 16.6 Å². The van der Waals surface area contributed by atoms with Crippen molar-refractivity contribution in [2.24, 2.45) is 0 Å². The van der Waals surface area contributed by atoms with Crippen LogP contribution in [0.4, 0.5) is 0 Å². The fourth-order valence-corrected chi connectivity index (χ4v) is 5.20. The van der Waals surface area contributed by atoms with Gasteiger partial charge in [-0.05, 0) is 46.6 Å². The van der Waals surface area contributed by atoms with Crippen molar-refractivity contribution in [1.29, 1.82) is 0 Å². The predicted molar refractivity (Wildman–Crippen MR) is 88.8 cm³/mol. The summed E-state index contributed by atoms with van der Waals surface area (Å²) in [5.41, 5.74) is 1.49. The number of methoxy groups -OCH3 is 1. The molecule has 1 aromatic heterocycles. The van der Waals surface area contributed by atoms with Crippen molar-refractivity contribution in [1.82, 2.24) is 4.72 Å². The molecule has 2 rings (SSSR count). The van der Waals surface area contributed by atoms with Crippen molar-refractivity contribution in [3.63, 3.8) is 0 Å². The number of halogens is 2. The lowest BCUT2D eigenvalue weighted by Crippen LogP contribution is -2.22. The van der Waals surface area contributed by atoms with E-state index in [1.54, 1.807) is 24.3 Å². The molecule has 0 aliphatic carbocycles. The number of aryl methyl sites for hydroxylation is 1. The SMILES string of the molecule is COc1cccc(Cl)c1CNS(=O)(=O)c1cc(C)c(Br)s1. The van der Waals surface area contributed by atoms with Gasteiger partial charge in [0.1, 0.15) is 9.96 Å². The van der Waals surface area contributed by atoms with E-state index in [1.807, 2.05) is 6.92 Å². The van der Waals surface area contributed by atoms with Gasteiger partial charge in [-0.3, -0.25) is 0 Å². The molecule has 21 heavy (non-hydrogen) atoms. The molecular weight excluding hydrogens is 398 g/mol. The van der Waals surface area contributed by atoms with E-state index in [1.165, 1.54) is 18.4 Å². The number of hydrogen-bond donors (Lipinski definition) is 1. The van der Waals surface area contributed by atoms with Gasteiger partial charge in [0.15, 0.2) is 0 Å². The third-order valence-electron chi connectivity index (χ3n) is 2.83. The average molecular weight is 411 g/mol. The predicted octanol–water partition coefficient (Wildman–Crippen LogP) is 3.96. The van der Waals surface area contributed by atoms with E-state index in [-0.39, 0.29) is 10.8 Å². The Morgan fingerprint density at radius 2 is 2.14 bits per heavy atom. The Morgan fingerprint density at radius 3 is 2.71 bits per heavy atom. The molecule has 0 fully saturated rings. The summed E-state index contributed by atoms with van der Waals surface area (Å²) in [7, 11) is -2.06. The smallest absolute Gasteiger partial charge is 0.250 e. The van der Waals surface area contributed by atoms with Gasteiger partial charge in [-0.15, -0.1) is 11.3 Å². The lowest BCUT2D eigenvalue weighted by molar-refractivity contribution is 0.409. The number of nitrogens with one attached hydrogen (secondary N) is 1. The highest BCUT2D eigenvalue weighted by Gasteiger charge is 2.19. The van der Waals surface area contributed by atoms with E-state index in [4.69, 9.17) is 16.3 Å². The van der Waals surface area contributed by atoms with E-state index < -0.39 is 10.0 Å². The molecule has 8 heteroatoms. The number of benzene rings is 1. The standard InChI is InChI=1S/C13H13BrClNO3S2/c1-8-6-12(20-13(8)14)21(17,18)16-7-9-10(15)4-3-5-11(9)19-2/h3-6,16H,7H2,1-2H3. The van der Waals surface area contributed by atoms with Crippen molar-refractivity contribution < 1.29 is 13.2 Å². The van der Waals surface area contributed by atoms with Gasteiger partial charge < -0.3 is 4.74 Å². The van der Waals surface area contributed by atoms with Crippen LogP contribution in [0.2, 0.25) is 5.02 Å². The second-order valence-electron chi connectivity index (χ2n) is 4.27. The summed E-state index contributed by atoms with van der Waals surface area (Å²) in [5, 5.41) is 0.459. The third-order valence-corrected chi connectivity index (χ3v) is 7.20. The van der Waals surface area contributed by atoms with Crippen LogP contribution in [0.25, 0.3) is 0 Å². The largest absolute Gasteiger partial charge is 0.496 e. The molecule has 4 nitrogen and oxygen atoms in total. The van der Waals surface area contributed by atoms with Crippen LogP contribution in [0.1, 0.15) is 11.1 Å². The Hall–Kier alpha value is -0.600. The zero-order valence-corrected chi connectivity index (χ0v) is 15.3. The van der Waals surface area contributed by atoms with Crippen LogP contribution in [0.15, 0.2) is 32.3 Å². The maximum absolute atomic E-state index is 12.3. The van der Waals surface area contributed by atoms with E-state index in [9.17, 15) is 8.42 Å². The molecule has 0 amide bonds. The molecule has 2 aromatic rings. The molecule has 0 aliphatic heterocycles. The molecule has 1 N–H and O–H groups in total.